The van der Waals surface area contributed by atoms with E-state index in [1.165, 1.54) is 12.8 Å². The highest BCUT2D eigenvalue weighted by Gasteiger charge is 2.36. The number of carbonyl (C=O) groups is 5. The van der Waals surface area contributed by atoms with Crippen molar-refractivity contribution >= 4 is 45.9 Å². The first kappa shape index (κ1) is 32.6. The van der Waals surface area contributed by atoms with Crippen LogP contribution >= 0.6 is 0 Å². The molecule has 1 saturated heterocycles. The molecule has 3 amide bonds. The van der Waals surface area contributed by atoms with Crippen molar-refractivity contribution in [2.75, 3.05) is 24.5 Å². The second-order valence-electron chi connectivity index (χ2n) is 12.7. The van der Waals surface area contributed by atoms with Crippen molar-refractivity contribution in [2.24, 2.45) is 5.92 Å². The molecule has 0 saturated carbocycles. The van der Waals surface area contributed by atoms with Crippen LogP contribution in [0.1, 0.15) is 63.9 Å². The van der Waals surface area contributed by atoms with Gasteiger partial charge in [0, 0.05) is 47.1 Å². The Kier molecular flexibility index (Phi) is 9.94. The van der Waals surface area contributed by atoms with E-state index in [9.17, 15) is 29.1 Å². The van der Waals surface area contributed by atoms with Gasteiger partial charge in [-0.15, -0.1) is 0 Å². The van der Waals surface area contributed by atoms with Crippen LogP contribution in [0.5, 0.6) is 0 Å². The highest BCUT2D eigenvalue weighted by Crippen LogP contribution is 2.36. The van der Waals surface area contributed by atoms with Gasteiger partial charge in [-0.1, -0.05) is 85.6 Å². The first-order valence-corrected chi connectivity index (χ1v) is 16.6. The van der Waals surface area contributed by atoms with Crippen molar-refractivity contribution in [2.45, 2.75) is 51.0 Å². The first-order chi connectivity index (χ1) is 23.3. The molecule has 4 aromatic rings. The number of benzene rings is 4. The quantitative estimate of drug-likeness (QED) is 0.197. The van der Waals surface area contributed by atoms with Crippen molar-refractivity contribution in [1.82, 2.24) is 10.2 Å². The summed E-state index contributed by atoms with van der Waals surface area (Å²) in [7, 11) is 0. The normalized spacial score (nSPS) is 15.9. The molecule has 2 aliphatic heterocycles. The Bertz CT molecular complexity index is 1810. The highest BCUT2D eigenvalue weighted by atomic mass is 16.4. The molecule has 246 valence electrons. The Balaban J connectivity index is 1.21. The lowest BCUT2D eigenvalue weighted by Crippen LogP contribution is -2.50. The minimum atomic E-state index is -1.10. The topological polar surface area (TPSA) is 124 Å². The Hall–Kier alpha value is -5.31. The molecule has 2 unspecified atom stereocenters. The molecule has 9 heteroatoms. The van der Waals surface area contributed by atoms with Crippen molar-refractivity contribution < 1.29 is 29.1 Å². The molecule has 6 rings (SSSR count). The van der Waals surface area contributed by atoms with E-state index in [1.54, 1.807) is 18.2 Å². The summed E-state index contributed by atoms with van der Waals surface area (Å²) < 4.78 is 0. The molecule has 48 heavy (non-hydrogen) atoms. The van der Waals surface area contributed by atoms with Gasteiger partial charge in [-0.2, -0.15) is 0 Å². The minimum Gasteiger partial charge on any atom is -0.481 e. The Morgan fingerprint density at radius 2 is 1.31 bits per heavy atom. The van der Waals surface area contributed by atoms with Gasteiger partial charge < -0.3 is 15.3 Å². The second-order valence-corrected chi connectivity index (χ2v) is 12.7. The van der Waals surface area contributed by atoms with E-state index in [2.05, 4.69) is 10.2 Å². The molecule has 4 aromatic carbocycles. The van der Waals surface area contributed by atoms with Gasteiger partial charge >= 0.3 is 5.97 Å². The molecule has 0 spiro atoms. The van der Waals surface area contributed by atoms with Crippen molar-refractivity contribution in [3.63, 3.8) is 0 Å². The summed E-state index contributed by atoms with van der Waals surface area (Å²) in [5.74, 6) is -4.35. The summed E-state index contributed by atoms with van der Waals surface area (Å²) in [5, 5.41) is 14.1. The zero-order chi connectivity index (χ0) is 33.6. The first-order valence-electron chi connectivity index (χ1n) is 16.6. The van der Waals surface area contributed by atoms with Gasteiger partial charge in [0.1, 0.15) is 6.54 Å². The third-order valence-corrected chi connectivity index (χ3v) is 9.35. The molecule has 2 N–H and O–H groups in total. The lowest BCUT2D eigenvalue weighted by molar-refractivity contribution is -0.144. The fourth-order valence-electron chi connectivity index (χ4n) is 6.87. The number of anilines is 1. The van der Waals surface area contributed by atoms with Crippen LogP contribution in [0, 0.1) is 5.92 Å². The molecular weight excluding hydrogens is 606 g/mol. The lowest BCUT2D eigenvalue weighted by Gasteiger charge is -2.30. The van der Waals surface area contributed by atoms with Crippen LogP contribution in [0.25, 0.3) is 10.8 Å². The minimum absolute atomic E-state index is 0.131. The molecule has 2 atom stereocenters. The maximum Gasteiger partial charge on any atom is 0.307 e. The van der Waals surface area contributed by atoms with Gasteiger partial charge in [-0.3, -0.25) is 28.9 Å². The maximum atomic E-state index is 13.8. The van der Waals surface area contributed by atoms with Crippen LogP contribution in [0.15, 0.2) is 91.0 Å². The van der Waals surface area contributed by atoms with E-state index in [1.807, 2.05) is 72.8 Å². The largest absolute Gasteiger partial charge is 0.481 e. The fraction of sp³-hybridized carbons (Fsp3) is 0.308. The smallest absolute Gasteiger partial charge is 0.307 e. The third kappa shape index (κ3) is 7.15. The van der Waals surface area contributed by atoms with Crippen LogP contribution in [0.4, 0.5) is 5.69 Å². The molecule has 1 fully saturated rings. The highest BCUT2D eigenvalue weighted by molar-refractivity contribution is 6.27. The van der Waals surface area contributed by atoms with E-state index >= 15 is 0 Å². The van der Waals surface area contributed by atoms with Crippen molar-refractivity contribution in [1.29, 1.82) is 0 Å². The molecule has 0 aliphatic carbocycles. The summed E-state index contributed by atoms with van der Waals surface area (Å²) in [6.45, 7) is 1.25. The van der Waals surface area contributed by atoms with Crippen molar-refractivity contribution in [3.8, 4) is 0 Å². The van der Waals surface area contributed by atoms with E-state index < -0.39 is 48.0 Å². The Morgan fingerprint density at radius 1 is 0.708 bits per heavy atom. The van der Waals surface area contributed by atoms with Gasteiger partial charge in [-0.25, -0.2) is 0 Å². The van der Waals surface area contributed by atoms with Gasteiger partial charge in [0.15, 0.2) is 5.78 Å². The molecule has 9 nitrogen and oxygen atoms in total. The van der Waals surface area contributed by atoms with Gasteiger partial charge in [0.2, 0.25) is 5.91 Å². The van der Waals surface area contributed by atoms with E-state index in [-0.39, 0.29) is 19.3 Å². The zero-order valence-corrected chi connectivity index (χ0v) is 26.8. The predicted octanol–water partition coefficient (Wildman–Crippen LogP) is 5.45. The number of rotatable bonds is 12. The summed E-state index contributed by atoms with van der Waals surface area (Å²) >= 11 is 0. The Labute approximate surface area is 279 Å². The fourth-order valence-corrected chi connectivity index (χ4v) is 6.87. The maximum absolute atomic E-state index is 13.8. The third-order valence-electron chi connectivity index (χ3n) is 9.35. The zero-order valence-electron chi connectivity index (χ0n) is 26.8. The molecule has 0 radical (unpaired) electrons. The number of aliphatic carboxylic acids is 1. The summed E-state index contributed by atoms with van der Waals surface area (Å²) in [5.41, 5.74) is 3.27. The van der Waals surface area contributed by atoms with Gasteiger partial charge in [-0.05, 0) is 55.0 Å². The van der Waals surface area contributed by atoms with Gasteiger partial charge in [0.25, 0.3) is 11.8 Å². The molecule has 0 aromatic heterocycles. The molecular formula is C39H39N3O6. The number of carboxylic acid groups (broad SMARTS) is 1. The number of hydrogen-bond donors (Lipinski definition) is 2. The Morgan fingerprint density at radius 3 is 1.94 bits per heavy atom. The standard InChI is InChI=1S/C39H39N3O6/c43-34(24-28(39(47)48)22-26-12-5-3-6-13-26)32(23-27-14-7-4-8-15-27)40-35(44)25-42-37(45)30-17-11-16-29-33(41-20-9-1-2-10-21-41)19-18-31(36(29)30)38(42)46/h3-8,11-19,28,32H,1-2,9-10,20-25H2,(H,40,44)(H,47,48). The summed E-state index contributed by atoms with van der Waals surface area (Å²) in [4.78, 5) is 70.1. The number of nitrogens with one attached hydrogen (secondary N) is 1. The van der Waals surface area contributed by atoms with Crippen LogP contribution < -0.4 is 10.2 Å². The number of ketones is 1. The second kappa shape index (κ2) is 14.6. The average Bonchev–Trinajstić information content (AvgIpc) is 3.39. The lowest BCUT2D eigenvalue weighted by atomic mass is 9.90. The van der Waals surface area contributed by atoms with Crippen molar-refractivity contribution in [3.05, 3.63) is 113 Å². The van der Waals surface area contributed by atoms with E-state index in [4.69, 9.17) is 0 Å². The predicted molar refractivity (Wildman–Crippen MR) is 183 cm³/mol. The number of Topliss-reactive ketones (excluding diaryl/α,β-unsaturated/α-hetero) is 1. The van der Waals surface area contributed by atoms with Crippen LogP contribution in [-0.2, 0) is 27.2 Å². The number of amides is 3. The molecule has 0 bridgehead atoms. The van der Waals surface area contributed by atoms with Crippen LogP contribution in [-0.4, -0.2) is 65.2 Å². The number of carbonyl (C=O) groups excluding carboxylic acids is 4. The van der Waals surface area contributed by atoms with E-state index in [0.717, 1.165) is 53.0 Å². The van der Waals surface area contributed by atoms with Crippen LogP contribution in [0.2, 0.25) is 0 Å². The van der Waals surface area contributed by atoms with E-state index in [0.29, 0.717) is 16.5 Å². The SMILES string of the molecule is O=C(CN1C(=O)c2cccc3c(N4CCCCCC4)ccc(c23)C1=O)NC(Cc1ccccc1)C(=O)CC(Cc1ccccc1)C(=O)O. The van der Waals surface area contributed by atoms with Crippen LogP contribution in [0.3, 0.4) is 0 Å². The number of hydrogen-bond acceptors (Lipinski definition) is 6. The van der Waals surface area contributed by atoms with Gasteiger partial charge in [0.05, 0.1) is 12.0 Å². The number of imide groups is 1. The summed E-state index contributed by atoms with van der Waals surface area (Å²) in [6, 6.07) is 26.2. The number of carboxylic acids is 1. The monoisotopic (exact) mass is 645 g/mol. The summed E-state index contributed by atoms with van der Waals surface area (Å²) in [6.07, 6.45) is 4.53. The molecule has 2 aliphatic rings. The number of nitrogens with zero attached hydrogens (tertiary/aromatic N) is 2. The molecule has 2 heterocycles. The average molecular weight is 646 g/mol.